The number of carbonyl (C=O) groups is 1. The van der Waals surface area contributed by atoms with Gasteiger partial charge in [0.05, 0.1) is 0 Å². The van der Waals surface area contributed by atoms with Crippen LogP contribution in [0.5, 0.6) is 0 Å². The molecule has 1 aromatic heterocycles. The van der Waals surface area contributed by atoms with Crippen LogP contribution in [0.2, 0.25) is 0 Å². The molecule has 0 radical (unpaired) electrons. The van der Waals surface area contributed by atoms with E-state index in [0.29, 0.717) is 11.8 Å². The van der Waals surface area contributed by atoms with Crippen molar-refractivity contribution in [3.63, 3.8) is 0 Å². The van der Waals surface area contributed by atoms with Gasteiger partial charge in [0.1, 0.15) is 0 Å². The first kappa shape index (κ1) is 13.1. The largest absolute Gasteiger partial charge is 0.338 e. The number of nitrogens with zero attached hydrogens (tertiary/aromatic N) is 1. The summed E-state index contributed by atoms with van der Waals surface area (Å²) < 4.78 is 0. The number of amides is 1. The van der Waals surface area contributed by atoms with Gasteiger partial charge >= 0.3 is 0 Å². The van der Waals surface area contributed by atoms with Gasteiger partial charge in [-0.05, 0) is 54.3 Å². The molecule has 3 heteroatoms. The van der Waals surface area contributed by atoms with Gasteiger partial charge in [-0.2, -0.15) is 0 Å². The fraction of sp³-hybridized carbons (Fsp3) is 0.389. The number of benzene rings is 1. The zero-order chi connectivity index (χ0) is 14.2. The van der Waals surface area contributed by atoms with Gasteiger partial charge in [0.25, 0.3) is 5.91 Å². The van der Waals surface area contributed by atoms with E-state index in [1.807, 2.05) is 17.0 Å². The highest BCUT2D eigenvalue weighted by Gasteiger charge is 2.29. The van der Waals surface area contributed by atoms with Crippen molar-refractivity contribution in [2.75, 3.05) is 13.1 Å². The van der Waals surface area contributed by atoms with Gasteiger partial charge in [-0.15, -0.1) is 11.3 Å². The quantitative estimate of drug-likeness (QED) is 0.829. The molecule has 1 saturated heterocycles. The second kappa shape index (κ2) is 5.30. The van der Waals surface area contributed by atoms with Crippen LogP contribution in [-0.4, -0.2) is 23.9 Å². The molecule has 1 aliphatic carbocycles. The Morgan fingerprint density at radius 3 is 2.76 bits per heavy atom. The van der Waals surface area contributed by atoms with E-state index in [0.717, 1.165) is 25.1 Å². The highest BCUT2D eigenvalue weighted by molar-refractivity contribution is 7.10. The first-order valence-electron chi connectivity index (χ1n) is 7.74. The molecule has 1 aromatic carbocycles. The van der Waals surface area contributed by atoms with Gasteiger partial charge in [0.2, 0.25) is 0 Å². The molecule has 108 valence electrons. The zero-order valence-corrected chi connectivity index (χ0v) is 12.8. The molecule has 1 saturated carbocycles. The molecule has 2 aliphatic rings. The molecule has 1 aliphatic heterocycles. The fourth-order valence-electron chi connectivity index (χ4n) is 3.23. The average molecular weight is 297 g/mol. The van der Waals surface area contributed by atoms with Gasteiger partial charge in [-0.1, -0.05) is 18.2 Å². The first-order valence-corrected chi connectivity index (χ1v) is 8.62. The van der Waals surface area contributed by atoms with Crippen LogP contribution in [0.4, 0.5) is 0 Å². The second-order valence-corrected chi connectivity index (χ2v) is 7.13. The summed E-state index contributed by atoms with van der Waals surface area (Å²) in [6.45, 7) is 1.75. The van der Waals surface area contributed by atoms with Crippen molar-refractivity contribution in [1.82, 2.24) is 4.90 Å². The maximum Gasteiger partial charge on any atom is 0.253 e. The molecule has 21 heavy (non-hydrogen) atoms. The lowest BCUT2D eigenvalue weighted by Crippen LogP contribution is -2.28. The molecule has 0 N–H and O–H groups in total. The maximum absolute atomic E-state index is 12.7. The number of carbonyl (C=O) groups excluding carboxylic acids is 1. The van der Waals surface area contributed by atoms with Crippen molar-refractivity contribution in [3.8, 4) is 0 Å². The molecule has 1 unspecified atom stereocenters. The Labute approximate surface area is 129 Å². The smallest absolute Gasteiger partial charge is 0.253 e. The number of hydrogen-bond donors (Lipinski definition) is 0. The standard InChI is InChI=1S/C18H19NOS/c20-18(15-4-1-3-14(11-15)13-6-7-13)19-9-8-16(12-19)17-5-2-10-21-17/h1-5,10-11,13,16H,6-9,12H2. The van der Waals surface area contributed by atoms with Crippen molar-refractivity contribution >= 4 is 17.2 Å². The van der Waals surface area contributed by atoms with Gasteiger partial charge in [-0.3, -0.25) is 4.79 Å². The summed E-state index contributed by atoms with van der Waals surface area (Å²) in [6.07, 6.45) is 3.65. The summed E-state index contributed by atoms with van der Waals surface area (Å²) in [6, 6.07) is 12.6. The first-order chi connectivity index (χ1) is 10.3. The third-order valence-electron chi connectivity index (χ3n) is 4.60. The third kappa shape index (κ3) is 2.62. The van der Waals surface area contributed by atoms with Crippen LogP contribution in [0.1, 0.15) is 51.9 Å². The van der Waals surface area contributed by atoms with Gasteiger partial charge < -0.3 is 4.90 Å². The monoisotopic (exact) mass is 297 g/mol. The SMILES string of the molecule is O=C(c1cccc(C2CC2)c1)N1CCC(c2cccs2)C1. The van der Waals surface area contributed by atoms with Crippen LogP contribution in [0.25, 0.3) is 0 Å². The fourth-order valence-corrected chi connectivity index (χ4v) is 4.08. The highest BCUT2D eigenvalue weighted by Crippen LogP contribution is 2.40. The lowest BCUT2D eigenvalue weighted by Gasteiger charge is -2.17. The Bertz CT molecular complexity index is 645. The molecule has 4 rings (SSSR count). The molecule has 0 bridgehead atoms. The Hall–Kier alpha value is -1.61. The molecular weight excluding hydrogens is 278 g/mol. The van der Waals surface area contributed by atoms with Gasteiger partial charge in [-0.25, -0.2) is 0 Å². The van der Waals surface area contributed by atoms with E-state index in [9.17, 15) is 4.79 Å². The zero-order valence-electron chi connectivity index (χ0n) is 12.0. The van der Waals surface area contributed by atoms with Crippen LogP contribution in [0.3, 0.4) is 0 Å². The second-order valence-electron chi connectivity index (χ2n) is 6.15. The predicted molar refractivity (Wildman–Crippen MR) is 86.0 cm³/mol. The van der Waals surface area contributed by atoms with Crippen molar-refractivity contribution in [1.29, 1.82) is 0 Å². The lowest BCUT2D eigenvalue weighted by atomic mass is 10.1. The van der Waals surface area contributed by atoms with E-state index in [1.165, 1.54) is 23.3 Å². The van der Waals surface area contributed by atoms with Crippen molar-refractivity contribution < 1.29 is 4.79 Å². The van der Waals surface area contributed by atoms with Crippen LogP contribution < -0.4 is 0 Å². The predicted octanol–water partition coefficient (Wildman–Crippen LogP) is 4.26. The summed E-state index contributed by atoms with van der Waals surface area (Å²) in [5.41, 5.74) is 2.21. The van der Waals surface area contributed by atoms with Crippen molar-refractivity contribution in [2.24, 2.45) is 0 Å². The van der Waals surface area contributed by atoms with E-state index >= 15 is 0 Å². The molecular formula is C18H19NOS. The minimum absolute atomic E-state index is 0.205. The number of hydrogen-bond acceptors (Lipinski definition) is 2. The molecule has 2 aromatic rings. The van der Waals surface area contributed by atoms with E-state index in [1.54, 1.807) is 11.3 Å². The lowest BCUT2D eigenvalue weighted by molar-refractivity contribution is 0.0791. The maximum atomic E-state index is 12.7. The van der Waals surface area contributed by atoms with Crippen LogP contribution >= 0.6 is 11.3 Å². The normalized spacial score (nSPS) is 21.7. The average Bonchev–Trinajstić information content (AvgIpc) is 3.03. The third-order valence-corrected chi connectivity index (χ3v) is 5.64. The molecule has 2 nitrogen and oxygen atoms in total. The van der Waals surface area contributed by atoms with E-state index in [-0.39, 0.29) is 5.91 Å². The Kier molecular flexibility index (Phi) is 3.30. The van der Waals surface area contributed by atoms with Gasteiger partial charge in [0.15, 0.2) is 0 Å². The van der Waals surface area contributed by atoms with Crippen LogP contribution in [-0.2, 0) is 0 Å². The van der Waals surface area contributed by atoms with Crippen LogP contribution in [0, 0.1) is 0 Å². The molecule has 1 atom stereocenters. The van der Waals surface area contributed by atoms with E-state index in [2.05, 4.69) is 29.6 Å². The van der Waals surface area contributed by atoms with E-state index < -0.39 is 0 Å². The number of likely N-dealkylation sites (tertiary alicyclic amines) is 1. The minimum atomic E-state index is 0.205. The molecule has 1 amide bonds. The molecule has 0 spiro atoms. The van der Waals surface area contributed by atoms with E-state index in [4.69, 9.17) is 0 Å². The highest BCUT2D eigenvalue weighted by atomic mass is 32.1. The Balaban J connectivity index is 1.49. The topological polar surface area (TPSA) is 20.3 Å². The summed E-state index contributed by atoms with van der Waals surface area (Å²) in [5.74, 6) is 1.44. The Morgan fingerprint density at radius 2 is 2.00 bits per heavy atom. The summed E-state index contributed by atoms with van der Waals surface area (Å²) in [7, 11) is 0. The minimum Gasteiger partial charge on any atom is -0.338 e. The van der Waals surface area contributed by atoms with Crippen molar-refractivity contribution in [3.05, 3.63) is 57.8 Å². The summed E-state index contributed by atoms with van der Waals surface area (Å²) >= 11 is 1.81. The van der Waals surface area contributed by atoms with Crippen LogP contribution in [0.15, 0.2) is 41.8 Å². The summed E-state index contributed by atoms with van der Waals surface area (Å²) in [5, 5.41) is 2.12. The molecule has 2 fully saturated rings. The van der Waals surface area contributed by atoms with Gasteiger partial charge in [0, 0.05) is 29.4 Å². The van der Waals surface area contributed by atoms with Crippen molar-refractivity contribution in [2.45, 2.75) is 31.1 Å². The summed E-state index contributed by atoms with van der Waals surface area (Å²) in [4.78, 5) is 16.1. The Morgan fingerprint density at radius 1 is 1.10 bits per heavy atom. The molecule has 2 heterocycles. The number of rotatable bonds is 3. The number of thiophene rings is 1.